The van der Waals surface area contributed by atoms with Gasteiger partial charge in [-0.05, 0) is 23.8 Å². The number of rotatable bonds is 6. The molecule has 0 spiro atoms. The first kappa shape index (κ1) is 16.5. The summed E-state index contributed by atoms with van der Waals surface area (Å²) in [5.41, 5.74) is 0.909. The third-order valence-electron chi connectivity index (χ3n) is 4.32. The van der Waals surface area contributed by atoms with E-state index in [9.17, 15) is 5.11 Å². The average Bonchev–Trinajstić information content (AvgIpc) is 3.02. The highest BCUT2D eigenvalue weighted by molar-refractivity contribution is 5.87. The van der Waals surface area contributed by atoms with Crippen molar-refractivity contribution in [3.63, 3.8) is 0 Å². The molecule has 5 nitrogen and oxygen atoms in total. The maximum absolute atomic E-state index is 10.7. The predicted octanol–water partition coefficient (Wildman–Crippen LogP) is 2.58. The van der Waals surface area contributed by atoms with Crippen LogP contribution in [0, 0.1) is 0 Å². The summed E-state index contributed by atoms with van der Waals surface area (Å²) in [6.07, 6.45) is 3.53. The van der Waals surface area contributed by atoms with Gasteiger partial charge in [0.05, 0.1) is 13.3 Å². The van der Waals surface area contributed by atoms with Gasteiger partial charge in [-0.3, -0.25) is 4.68 Å². The molecule has 126 valence electrons. The van der Waals surface area contributed by atoms with E-state index in [1.165, 1.54) is 5.39 Å². The predicted molar refractivity (Wildman–Crippen MR) is 95.0 cm³/mol. The molecule has 0 aliphatic rings. The van der Waals surface area contributed by atoms with Gasteiger partial charge in [0.1, 0.15) is 11.4 Å². The van der Waals surface area contributed by atoms with Crippen molar-refractivity contribution in [3.05, 3.63) is 59.9 Å². The average molecular weight is 325 g/mol. The molecule has 2 aromatic carbocycles. The Bertz CT molecular complexity index is 839. The fraction of sp³-hybridized carbons (Fsp3) is 0.316. The number of aromatic nitrogens is 2. The molecule has 1 atom stereocenters. The van der Waals surface area contributed by atoms with Gasteiger partial charge in [-0.25, -0.2) is 0 Å². The van der Waals surface area contributed by atoms with Crippen molar-refractivity contribution in [2.24, 2.45) is 7.05 Å². The molecule has 0 saturated heterocycles. The van der Waals surface area contributed by atoms with Crippen LogP contribution in [-0.2, 0) is 19.2 Å². The number of ether oxygens (including phenoxy) is 1. The molecule has 0 saturated carbocycles. The van der Waals surface area contributed by atoms with E-state index in [2.05, 4.69) is 28.6 Å². The molecule has 3 rings (SSSR count). The largest absolute Gasteiger partial charge is 0.496 e. The Morgan fingerprint density at radius 2 is 2.04 bits per heavy atom. The molecule has 0 aliphatic heterocycles. The number of hydrogen-bond donors (Lipinski definition) is 2. The second-order valence-electron chi connectivity index (χ2n) is 6.25. The van der Waals surface area contributed by atoms with Crippen molar-refractivity contribution >= 4 is 10.8 Å². The number of hydrogen-bond acceptors (Lipinski definition) is 4. The molecule has 3 aromatic rings. The lowest BCUT2D eigenvalue weighted by molar-refractivity contribution is 0.0565. The SMILES string of the molecule is COc1ccc2ccccc2c1CNCC(C)(O)c1cnn(C)c1. The van der Waals surface area contributed by atoms with Crippen LogP contribution in [0.4, 0.5) is 0 Å². The summed E-state index contributed by atoms with van der Waals surface area (Å²) in [6, 6.07) is 12.3. The van der Waals surface area contributed by atoms with Crippen molar-refractivity contribution in [1.82, 2.24) is 15.1 Å². The molecular formula is C19H23N3O2. The van der Waals surface area contributed by atoms with Crippen LogP contribution in [-0.4, -0.2) is 28.5 Å². The van der Waals surface area contributed by atoms with Crippen molar-refractivity contribution in [1.29, 1.82) is 0 Å². The number of methoxy groups -OCH3 is 1. The van der Waals surface area contributed by atoms with Gasteiger partial charge in [-0.2, -0.15) is 5.10 Å². The van der Waals surface area contributed by atoms with E-state index < -0.39 is 5.60 Å². The molecular weight excluding hydrogens is 302 g/mol. The molecule has 1 unspecified atom stereocenters. The van der Waals surface area contributed by atoms with E-state index in [1.54, 1.807) is 24.9 Å². The highest BCUT2D eigenvalue weighted by Gasteiger charge is 2.24. The van der Waals surface area contributed by atoms with Crippen LogP contribution in [0.1, 0.15) is 18.1 Å². The maximum Gasteiger partial charge on any atom is 0.123 e. The fourth-order valence-electron chi connectivity index (χ4n) is 2.92. The summed E-state index contributed by atoms with van der Waals surface area (Å²) in [6.45, 7) is 2.82. The number of nitrogens with one attached hydrogen (secondary N) is 1. The van der Waals surface area contributed by atoms with Crippen LogP contribution in [0.15, 0.2) is 48.8 Å². The molecule has 1 heterocycles. The lowest BCUT2D eigenvalue weighted by Crippen LogP contribution is -2.35. The minimum Gasteiger partial charge on any atom is -0.496 e. The minimum atomic E-state index is -0.980. The van der Waals surface area contributed by atoms with E-state index >= 15 is 0 Å². The zero-order valence-corrected chi connectivity index (χ0v) is 14.3. The summed E-state index contributed by atoms with van der Waals surface area (Å²) in [7, 11) is 3.52. The third-order valence-corrected chi connectivity index (χ3v) is 4.32. The van der Waals surface area contributed by atoms with E-state index in [1.807, 2.05) is 31.4 Å². The maximum atomic E-state index is 10.7. The first-order chi connectivity index (χ1) is 11.5. The highest BCUT2D eigenvalue weighted by Crippen LogP contribution is 2.28. The smallest absolute Gasteiger partial charge is 0.123 e. The van der Waals surface area contributed by atoms with Gasteiger partial charge < -0.3 is 15.2 Å². The molecule has 5 heteroatoms. The van der Waals surface area contributed by atoms with E-state index in [0.29, 0.717) is 13.1 Å². The zero-order valence-electron chi connectivity index (χ0n) is 14.3. The minimum absolute atomic E-state index is 0.422. The van der Waals surface area contributed by atoms with Gasteiger partial charge in [0, 0.05) is 37.5 Å². The summed E-state index contributed by atoms with van der Waals surface area (Å²) >= 11 is 0. The number of aryl methyl sites for hydroxylation is 1. The summed E-state index contributed by atoms with van der Waals surface area (Å²) in [5, 5.41) is 20.5. The Kier molecular flexibility index (Phi) is 4.55. The molecule has 0 aliphatic carbocycles. The Hall–Kier alpha value is -2.37. The Labute approximate surface area is 141 Å². The molecule has 0 fully saturated rings. The van der Waals surface area contributed by atoms with E-state index in [-0.39, 0.29) is 0 Å². The summed E-state index contributed by atoms with van der Waals surface area (Å²) in [4.78, 5) is 0. The van der Waals surface area contributed by atoms with Crippen LogP contribution in [0.25, 0.3) is 10.8 Å². The number of aliphatic hydroxyl groups is 1. The van der Waals surface area contributed by atoms with Gasteiger partial charge in [0.25, 0.3) is 0 Å². The Morgan fingerprint density at radius 3 is 2.75 bits per heavy atom. The van der Waals surface area contributed by atoms with Gasteiger partial charge in [0.15, 0.2) is 0 Å². The lowest BCUT2D eigenvalue weighted by Gasteiger charge is -2.23. The molecule has 0 bridgehead atoms. The second-order valence-corrected chi connectivity index (χ2v) is 6.25. The van der Waals surface area contributed by atoms with Crippen molar-refractivity contribution in [3.8, 4) is 5.75 Å². The molecule has 24 heavy (non-hydrogen) atoms. The summed E-state index contributed by atoms with van der Waals surface area (Å²) < 4.78 is 7.20. The van der Waals surface area contributed by atoms with Crippen LogP contribution in [0.5, 0.6) is 5.75 Å². The monoisotopic (exact) mass is 325 g/mol. The first-order valence-electron chi connectivity index (χ1n) is 7.98. The number of nitrogens with zero attached hydrogens (tertiary/aromatic N) is 2. The molecule has 1 aromatic heterocycles. The third kappa shape index (κ3) is 3.27. The van der Waals surface area contributed by atoms with Crippen LogP contribution < -0.4 is 10.1 Å². The zero-order chi connectivity index (χ0) is 17.2. The van der Waals surface area contributed by atoms with Gasteiger partial charge >= 0.3 is 0 Å². The van der Waals surface area contributed by atoms with Crippen LogP contribution >= 0.6 is 0 Å². The lowest BCUT2D eigenvalue weighted by atomic mass is 9.99. The topological polar surface area (TPSA) is 59.3 Å². The Balaban J connectivity index is 1.78. The van der Waals surface area contributed by atoms with Crippen molar-refractivity contribution in [2.45, 2.75) is 19.1 Å². The van der Waals surface area contributed by atoms with Crippen molar-refractivity contribution in [2.75, 3.05) is 13.7 Å². The van der Waals surface area contributed by atoms with E-state index in [4.69, 9.17) is 4.74 Å². The van der Waals surface area contributed by atoms with Gasteiger partial charge in [-0.1, -0.05) is 30.3 Å². The van der Waals surface area contributed by atoms with E-state index in [0.717, 1.165) is 22.3 Å². The summed E-state index contributed by atoms with van der Waals surface area (Å²) in [5.74, 6) is 0.849. The quantitative estimate of drug-likeness (QED) is 0.731. The van der Waals surface area contributed by atoms with Crippen LogP contribution in [0.2, 0.25) is 0 Å². The molecule has 2 N–H and O–H groups in total. The molecule has 0 radical (unpaired) electrons. The van der Waals surface area contributed by atoms with Crippen LogP contribution in [0.3, 0.4) is 0 Å². The first-order valence-corrected chi connectivity index (χ1v) is 7.98. The van der Waals surface area contributed by atoms with Gasteiger partial charge in [0.2, 0.25) is 0 Å². The Morgan fingerprint density at radius 1 is 1.25 bits per heavy atom. The number of fused-ring (bicyclic) bond motifs is 1. The highest BCUT2D eigenvalue weighted by atomic mass is 16.5. The van der Waals surface area contributed by atoms with Crippen molar-refractivity contribution < 1.29 is 9.84 Å². The fourth-order valence-corrected chi connectivity index (χ4v) is 2.92. The molecule has 0 amide bonds. The number of benzene rings is 2. The normalized spacial score (nSPS) is 13.8. The second kappa shape index (κ2) is 6.63. The van der Waals surface area contributed by atoms with Gasteiger partial charge in [-0.15, -0.1) is 0 Å². The standard InChI is InChI=1S/C19H23N3O2/c1-19(23,15-10-21-22(2)12-15)13-20-11-17-16-7-5-4-6-14(16)8-9-18(17)24-3/h4-10,12,20,23H,11,13H2,1-3H3.